The first-order valence-electron chi connectivity index (χ1n) is 3.10. The van der Waals surface area contributed by atoms with Crippen LogP contribution in [0.4, 0.5) is 0 Å². The standard InChI is InChI=1S/C8H12O2/c1-4-5-6(2)7(3)8(9)10/h4H,1,5H2,2-3H3,(H,9,10)/b7-6-. The molecule has 0 aromatic carbocycles. The minimum Gasteiger partial charge on any atom is -0.478 e. The van der Waals surface area contributed by atoms with Gasteiger partial charge >= 0.3 is 5.97 Å². The van der Waals surface area contributed by atoms with E-state index in [-0.39, 0.29) is 0 Å². The molecule has 0 unspecified atom stereocenters. The maximum absolute atomic E-state index is 10.3. The number of allylic oxidation sites excluding steroid dienone is 2. The van der Waals surface area contributed by atoms with E-state index >= 15 is 0 Å². The minimum atomic E-state index is -0.848. The second kappa shape index (κ2) is 3.88. The van der Waals surface area contributed by atoms with E-state index in [0.29, 0.717) is 12.0 Å². The first-order valence-corrected chi connectivity index (χ1v) is 3.10. The highest BCUT2D eigenvalue weighted by Gasteiger charge is 2.02. The predicted molar refractivity (Wildman–Crippen MR) is 40.8 cm³/mol. The van der Waals surface area contributed by atoms with Crippen LogP contribution in [0.15, 0.2) is 23.8 Å². The van der Waals surface area contributed by atoms with Crippen LogP contribution in [0, 0.1) is 0 Å². The molecule has 0 saturated heterocycles. The molecular weight excluding hydrogens is 128 g/mol. The summed E-state index contributed by atoms with van der Waals surface area (Å²) >= 11 is 0. The summed E-state index contributed by atoms with van der Waals surface area (Å²) in [6, 6.07) is 0. The molecule has 0 aromatic heterocycles. The van der Waals surface area contributed by atoms with Crippen molar-refractivity contribution in [2.24, 2.45) is 0 Å². The number of aliphatic carboxylic acids is 1. The van der Waals surface area contributed by atoms with Crippen LogP contribution >= 0.6 is 0 Å². The molecule has 0 aliphatic carbocycles. The average molecular weight is 140 g/mol. The van der Waals surface area contributed by atoms with Crippen molar-refractivity contribution < 1.29 is 9.90 Å². The summed E-state index contributed by atoms with van der Waals surface area (Å²) in [6.07, 6.45) is 2.35. The summed E-state index contributed by atoms with van der Waals surface area (Å²) < 4.78 is 0. The summed E-state index contributed by atoms with van der Waals surface area (Å²) in [4.78, 5) is 10.3. The van der Waals surface area contributed by atoms with Gasteiger partial charge in [0.25, 0.3) is 0 Å². The van der Waals surface area contributed by atoms with E-state index in [1.54, 1.807) is 19.9 Å². The zero-order valence-corrected chi connectivity index (χ0v) is 6.35. The first kappa shape index (κ1) is 8.95. The topological polar surface area (TPSA) is 37.3 Å². The van der Waals surface area contributed by atoms with Gasteiger partial charge in [-0.2, -0.15) is 0 Å². The fourth-order valence-corrected chi connectivity index (χ4v) is 0.552. The zero-order chi connectivity index (χ0) is 8.15. The van der Waals surface area contributed by atoms with E-state index in [9.17, 15) is 4.79 Å². The van der Waals surface area contributed by atoms with Gasteiger partial charge in [-0.25, -0.2) is 4.79 Å². The molecule has 0 aliphatic heterocycles. The van der Waals surface area contributed by atoms with Crippen LogP contribution in [-0.4, -0.2) is 11.1 Å². The summed E-state index contributed by atoms with van der Waals surface area (Å²) in [5.74, 6) is -0.848. The van der Waals surface area contributed by atoms with Crippen molar-refractivity contribution in [1.29, 1.82) is 0 Å². The van der Waals surface area contributed by atoms with Gasteiger partial charge in [0.2, 0.25) is 0 Å². The molecule has 10 heavy (non-hydrogen) atoms. The summed E-state index contributed by atoms with van der Waals surface area (Å²) in [6.45, 7) is 6.91. The van der Waals surface area contributed by atoms with Gasteiger partial charge < -0.3 is 5.11 Å². The lowest BCUT2D eigenvalue weighted by Gasteiger charge is -1.98. The molecular formula is C8H12O2. The third kappa shape index (κ3) is 2.49. The Hall–Kier alpha value is -1.05. The molecule has 2 nitrogen and oxygen atoms in total. The van der Waals surface area contributed by atoms with Gasteiger partial charge in [0, 0.05) is 5.57 Å². The maximum atomic E-state index is 10.3. The van der Waals surface area contributed by atoms with Crippen LogP contribution in [-0.2, 0) is 4.79 Å². The number of hydrogen-bond acceptors (Lipinski definition) is 1. The van der Waals surface area contributed by atoms with Crippen molar-refractivity contribution in [3.63, 3.8) is 0 Å². The number of hydrogen-bond donors (Lipinski definition) is 1. The van der Waals surface area contributed by atoms with Gasteiger partial charge in [-0.05, 0) is 20.3 Å². The monoisotopic (exact) mass is 140 g/mol. The molecule has 0 aromatic rings. The predicted octanol–water partition coefficient (Wildman–Crippen LogP) is 1.98. The smallest absolute Gasteiger partial charge is 0.331 e. The molecule has 1 N–H and O–H groups in total. The molecule has 56 valence electrons. The molecule has 0 saturated carbocycles. The van der Waals surface area contributed by atoms with Crippen molar-refractivity contribution >= 4 is 5.97 Å². The highest BCUT2D eigenvalue weighted by Crippen LogP contribution is 2.07. The van der Waals surface area contributed by atoms with Crippen LogP contribution in [0.1, 0.15) is 20.3 Å². The number of carbonyl (C=O) groups is 1. The SMILES string of the molecule is C=CC/C(C)=C(/C)C(=O)O. The lowest BCUT2D eigenvalue weighted by molar-refractivity contribution is -0.132. The van der Waals surface area contributed by atoms with Gasteiger partial charge in [-0.3, -0.25) is 0 Å². The molecule has 2 heteroatoms. The van der Waals surface area contributed by atoms with Crippen molar-refractivity contribution in [3.8, 4) is 0 Å². The van der Waals surface area contributed by atoms with Crippen molar-refractivity contribution in [3.05, 3.63) is 23.8 Å². The Morgan fingerprint density at radius 2 is 2.10 bits per heavy atom. The first-order chi connectivity index (χ1) is 4.59. The van der Waals surface area contributed by atoms with Gasteiger partial charge in [0.15, 0.2) is 0 Å². The quantitative estimate of drug-likeness (QED) is 0.480. The third-order valence-corrected chi connectivity index (χ3v) is 1.41. The molecule has 0 atom stereocenters. The molecule has 0 aliphatic rings. The Balaban J connectivity index is 4.33. The molecule has 0 amide bonds. The fraction of sp³-hybridized carbons (Fsp3) is 0.375. The van der Waals surface area contributed by atoms with Crippen molar-refractivity contribution in [2.75, 3.05) is 0 Å². The van der Waals surface area contributed by atoms with Crippen LogP contribution in [0.3, 0.4) is 0 Å². The highest BCUT2D eigenvalue weighted by molar-refractivity contribution is 5.86. The molecule has 0 spiro atoms. The van der Waals surface area contributed by atoms with E-state index in [1.165, 1.54) is 0 Å². The Morgan fingerprint density at radius 3 is 2.40 bits per heavy atom. The van der Waals surface area contributed by atoms with Crippen molar-refractivity contribution in [2.45, 2.75) is 20.3 Å². The fourth-order valence-electron chi connectivity index (χ4n) is 0.552. The van der Waals surface area contributed by atoms with Crippen LogP contribution in [0.2, 0.25) is 0 Å². The van der Waals surface area contributed by atoms with E-state index in [0.717, 1.165) is 5.57 Å². The maximum Gasteiger partial charge on any atom is 0.331 e. The lowest BCUT2D eigenvalue weighted by atomic mass is 10.1. The van der Waals surface area contributed by atoms with Gasteiger partial charge in [-0.1, -0.05) is 11.6 Å². The van der Waals surface area contributed by atoms with E-state index in [2.05, 4.69) is 6.58 Å². The zero-order valence-electron chi connectivity index (χ0n) is 6.35. The number of carboxylic acid groups (broad SMARTS) is 1. The van der Waals surface area contributed by atoms with Crippen molar-refractivity contribution in [1.82, 2.24) is 0 Å². The molecule has 0 radical (unpaired) electrons. The Bertz CT molecular complexity index is 178. The molecule has 0 rings (SSSR count). The van der Waals surface area contributed by atoms with Crippen LogP contribution < -0.4 is 0 Å². The normalized spacial score (nSPS) is 12.2. The highest BCUT2D eigenvalue weighted by atomic mass is 16.4. The second-order valence-corrected chi connectivity index (χ2v) is 2.20. The Morgan fingerprint density at radius 1 is 1.60 bits per heavy atom. The van der Waals surface area contributed by atoms with Crippen LogP contribution in [0.25, 0.3) is 0 Å². The van der Waals surface area contributed by atoms with Gasteiger partial charge in [-0.15, -0.1) is 6.58 Å². The van der Waals surface area contributed by atoms with Crippen LogP contribution in [0.5, 0.6) is 0 Å². The lowest BCUT2D eigenvalue weighted by Crippen LogP contribution is -1.98. The third-order valence-electron chi connectivity index (χ3n) is 1.41. The largest absolute Gasteiger partial charge is 0.478 e. The average Bonchev–Trinajstić information content (AvgIpc) is 1.87. The van der Waals surface area contributed by atoms with Gasteiger partial charge in [0.1, 0.15) is 0 Å². The summed E-state index contributed by atoms with van der Waals surface area (Å²) in [7, 11) is 0. The molecule has 0 bridgehead atoms. The Kier molecular flexibility index (Phi) is 3.47. The van der Waals surface area contributed by atoms with E-state index < -0.39 is 5.97 Å². The second-order valence-electron chi connectivity index (χ2n) is 2.20. The van der Waals surface area contributed by atoms with E-state index in [1.807, 2.05) is 0 Å². The number of rotatable bonds is 3. The van der Waals surface area contributed by atoms with Gasteiger partial charge in [0.05, 0.1) is 0 Å². The summed E-state index contributed by atoms with van der Waals surface area (Å²) in [5, 5.41) is 8.49. The minimum absolute atomic E-state index is 0.417. The molecule has 0 fully saturated rings. The molecule has 0 heterocycles. The summed E-state index contributed by atoms with van der Waals surface area (Å²) in [5.41, 5.74) is 1.28. The number of carboxylic acids is 1. The van der Waals surface area contributed by atoms with E-state index in [4.69, 9.17) is 5.11 Å². The Labute approximate surface area is 60.9 Å².